The minimum atomic E-state index is 0.557. The van der Waals surface area contributed by atoms with Crippen LogP contribution in [0.2, 0.25) is 0 Å². The zero-order valence-corrected chi connectivity index (χ0v) is 16.1. The van der Waals surface area contributed by atoms with Gasteiger partial charge in [-0.2, -0.15) is 0 Å². The van der Waals surface area contributed by atoms with E-state index in [1.165, 1.54) is 38.5 Å². The van der Waals surface area contributed by atoms with E-state index >= 15 is 0 Å². The summed E-state index contributed by atoms with van der Waals surface area (Å²) in [6.07, 6.45) is 9.71. The molecule has 0 spiro atoms. The van der Waals surface area contributed by atoms with E-state index in [1.54, 1.807) is 7.11 Å². The number of methoxy groups -OCH3 is 1. The molecule has 4 heteroatoms. The van der Waals surface area contributed by atoms with Gasteiger partial charge >= 0.3 is 0 Å². The Morgan fingerprint density at radius 1 is 1.00 bits per heavy atom. The number of nitrogens with zero attached hydrogens (tertiary/aromatic N) is 2. The molecule has 4 nitrogen and oxygen atoms in total. The molecule has 138 valence electrons. The Morgan fingerprint density at radius 2 is 1.77 bits per heavy atom. The lowest BCUT2D eigenvalue weighted by Gasteiger charge is -2.09. The molecule has 1 saturated carbocycles. The first-order valence-corrected chi connectivity index (χ1v) is 9.83. The van der Waals surface area contributed by atoms with Crippen molar-refractivity contribution in [2.45, 2.75) is 58.3 Å². The van der Waals surface area contributed by atoms with Crippen molar-refractivity contribution in [3.63, 3.8) is 0 Å². The second-order valence-electron chi connectivity index (χ2n) is 6.64. The van der Waals surface area contributed by atoms with Crippen LogP contribution in [0.5, 0.6) is 5.75 Å². The zero-order valence-electron chi connectivity index (χ0n) is 16.1. The van der Waals surface area contributed by atoms with Crippen molar-refractivity contribution in [1.82, 2.24) is 15.0 Å². The van der Waals surface area contributed by atoms with Gasteiger partial charge < -0.3 is 9.72 Å². The fourth-order valence-electron chi connectivity index (χ4n) is 3.63. The van der Waals surface area contributed by atoms with Crippen molar-refractivity contribution < 1.29 is 4.74 Å². The number of aromatic amines is 1. The van der Waals surface area contributed by atoms with Crippen LogP contribution >= 0.6 is 0 Å². The van der Waals surface area contributed by atoms with E-state index in [0.29, 0.717) is 5.92 Å². The van der Waals surface area contributed by atoms with Gasteiger partial charge in [0.25, 0.3) is 0 Å². The summed E-state index contributed by atoms with van der Waals surface area (Å²) in [5.74, 6) is 2.53. The molecule has 0 radical (unpaired) electrons. The Labute approximate surface area is 156 Å². The number of imidazole rings is 1. The number of nitrogens with one attached hydrogen (secondary N) is 1. The van der Waals surface area contributed by atoms with E-state index in [1.807, 2.05) is 38.2 Å². The number of aromatic nitrogens is 3. The highest BCUT2D eigenvalue weighted by Crippen LogP contribution is 2.31. The monoisotopic (exact) mass is 351 g/mol. The predicted molar refractivity (Wildman–Crippen MR) is 108 cm³/mol. The summed E-state index contributed by atoms with van der Waals surface area (Å²) < 4.78 is 5.32. The number of hydrogen-bond donors (Lipinski definition) is 1. The van der Waals surface area contributed by atoms with Gasteiger partial charge in [-0.1, -0.05) is 51.7 Å². The molecule has 1 aliphatic rings. The van der Waals surface area contributed by atoms with Crippen LogP contribution in [0, 0.1) is 0 Å². The van der Waals surface area contributed by atoms with E-state index in [4.69, 9.17) is 9.72 Å². The summed E-state index contributed by atoms with van der Waals surface area (Å²) in [6, 6.07) is 10.2. The first kappa shape index (κ1) is 18.4. The van der Waals surface area contributed by atoms with E-state index in [-0.39, 0.29) is 0 Å². The Balaban J connectivity index is 0.000000948. The average molecular weight is 351 g/mol. The van der Waals surface area contributed by atoms with Gasteiger partial charge in [0.1, 0.15) is 11.6 Å². The third-order valence-electron chi connectivity index (χ3n) is 5.00. The minimum Gasteiger partial charge on any atom is -0.497 e. The van der Waals surface area contributed by atoms with E-state index in [0.717, 1.165) is 33.9 Å². The molecule has 26 heavy (non-hydrogen) atoms. The third kappa shape index (κ3) is 4.06. The molecule has 1 aliphatic carbocycles. The third-order valence-corrected chi connectivity index (χ3v) is 5.00. The summed E-state index contributed by atoms with van der Waals surface area (Å²) in [4.78, 5) is 12.9. The van der Waals surface area contributed by atoms with Gasteiger partial charge in [0.2, 0.25) is 0 Å². The number of fused-ring (bicyclic) bond motifs is 1. The van der Waals surface area contributed by atoms with Crippen molar-refractivity contribution >= 4 is 11.2 Å². The molecule has 4 rings (SSSR count). The van der Waals surface area contributed by atoms with Crippen LogP contribution in [-0.2, 0) is 0 Å². The lowest BCUT2D eigenvalue weighted by Crippen LogP contribution is -1.99. The first-order valence-electron chi connectivity index (χ1n) is 9.83. The summed E-state index contributed by atoms with van der Waals surface area (Å²) >= 11 is 0. The second-order valence-corrected chi connectivity index (χ2v) is 6.64. The molecule has 0 saturated heterocycles. The molecule has 0 unspecified atom stereocenters. The second kappa shape index (κ2) is 8.84. The lowest BCUT2D eigenvalue weighted by atomic mass is 10.00. The molecule has 0 atom stereocenters. The zero-order chi connectivity index (χ0) is 18.4. The molecule has 3 aromatic rings. The minimum absolute atomic E-state index is 0.557. The summed E-state index contributed by atoms with van der Waals surface area (Å²) in [5.41, 5.74) is 4.03. The number of H-pyrrole nitrogens is 1. The maximum Gasteiger partial charge on any atom is 0.177 e. The van der Waals surface area contributed by atoms with Crippen molar-refractivity contribution in [3.05, 3.63) is 42.4 Å². The van der Waals surface area contributed by atoms with Gasteiger partial charge in [-0.25, -0.2) is 9.97 Å². The molecule has 1 fully saturated rings. The van der Waals surface area contributed by atoms with Gasteiger partial charge in [0.05, 0.1) is 12.6 Å². The number of benzene rings is 1. The Bertz CT molecular complexity index is 832. The molecular weight excluding hydrogens is 322 g/mol. The highest BCUT2D eigenvalue weighted by Gasteiger charge is 2.18. The van der Waals surface area contributed by atoms with Crippen molar-refractivity contribution in [3.8, 4) is 16.9 Å². The smallest absolute Gasteiger partial charge is 0.177 e. The van der Waals surface area contributed by atoms with E-state index in [9.17, 15) is 0 Å². The van der Waals surface area contributed by atoms with E-state index < -0.39 is 0 Å². The lowest BCUT2D eigenvalue weighted by molar-refractivity contribution is 0.415. The van der Waals surface area contributed by atoms with Gasteiger partial charge in [0, 0.05) is 17.7 Å². The molecule has 0 amide bonds. The molecule has 1 N–H and O–H groups in total. The van der Waals surface area contributed by atoms with Crippen LogP contribution < -0.4 is 4.74 Å². The Kier molecular flexibility index (Phi) is 6.26. The molecule has 1 aromatic carbocycles. The van der Waals surface area contributed by atoms with Gasteiger partial charge in [-0.3, -0.25) is 0 Å². The molecule has 0 aliphatic heterocycles. The maximum atomic E-state index is 5.32. The quantitative estimate of drug-likeness (QED) is 0.580. The Morgan fingerprint density at radius 3 is 2.50 bits per heavy atom. The normalized spacial score (nSPS) is 15.2. The number of rotatable bonds is 3. The summed E-state index contributed by atoms with van der Waals surface area (Å²) in [7, 11) is 1.69. The van der Waals surface area contributed by atoms with Crippen LogP contribution in [0.1, 0.15) is 64.1 Å². The van der Waals surface area contributed by atoms with Crippen LogP contribution in [0.25, 0.3) is 22.3 Å². The number of hydrogen-bond acceptors (Lipinski definition) is 3. The Hall–Kier alpha value is -2.36. The van der Waals surface area contributed by atoms with Gasteiger partial charge in [0.15, 0.2) is 5.65 Å². The van der Waals surface area contributed by atoms with Crippen molar-refractivity contribution in [2.24, 2.45) is 0 Å². The SMILES string of the molecule is CC.COc1cccc(-c2cnc3nc(C4CCCCCC4)[nH]c3c2)c1. The number of pyridine rings is 1. The fourth-order valence-corrected chi connectivity index (χ4v) is 3.63. The van der Waals surface area contributed by atoms with Gasteiger partial charge in [-0.05, 0) is 36.6 Å². The highest BCUT2D eigenvalue weighted by molar-refractivity contribution is 5.78. The molecule has 0 bridgehead atoms. The fraction of sp³-hybridized carbons (Fsp3) is 0.455. The largest absolute Gasteiger partial charge is 0.497 e. The topological polar surface area (TPSA) is 50.8 Å². The van der Waals surface area contributed by atoms with Crippen LogP contribution in [0.3, 0.4) is 0 Å². The molecular formula is C22H29N3O. The van der Waals surface area contributed by atoms with Crippen LogP contribution in [0.15, 0.2) is 36.5 Å². The van der Waals surface area contributed by atoms with Crippen molar-refractivity contribution in [2.75, 3.05) is 7.11 Å². The predicted octanol–water partition coefficient (Wildman–Crippen LogP) is 6.10. The average Bonchev–Trinajstić information content (AvgIpc) is 2.94. The standard InChI is InChI=1S/C20H23N3O.C2H6/c1-24-17-10-6-9-15(11-17)16-12-18-20(21-13-16)23-19(22-18)14-7-4-2-3-5-8-14;1-2/h6,9-14H,2-5,7-8H2,1H3,(H,21,22,23);1-2H3. The number of ether oxygens (including phenoxy) is 1. The summed E-state index contributed by atoms with van der Waals surface area (Å²) in [5, 5.41) is 0. The van der Waals surface area contributed by atoms with Gasteiger partial charge in [-0.15, -0.1) is 0 Å². The van der Waals surface area contributed by atoms with Crippen LogP contribution in [-0.4, -0.2) is 22.1 Å². The summed E-state index contributed by atoms with van der Waals surface area (Å²) in [6.45, 7) is 4.00. The first-order chi connectivity index (χ1) is 12.8. The van der Waals surface area contributed by atoms with E-state index in [2.05, 4.69) is 22.1 Å². The van der Waals surface area contributed by atoms with Crippen LogP contribution in [0.4, 0.5) is 0 Å². The molecule has 2 heterocycles. The van der Waals surface area contributed by atoms with Crippen molar-refractivity contribution in [1.29, 1.82) is 0 Å². The highest BCUT2D eigenvalue weighted by atomic mass is 16.5. The maximum absolute atomic E-state index is 5.32. The molecule has 2 aromatic heterocycles.